The van der Waals surface area contributed by atoms with Crippen LogP contribution in [0.3, 0.4) is 0 Å². The third-order valence-corrected chi connectivity index (χ3v) is 5.07. The molecule has 0 heterocycles. The predicted molar refractivity (Wildman–Crippen MR) is 75.1 cm³/mol. The highest BCUT2D eigenvalue weighted by Crippen LogP contribution is 2.57. The molecule has 1 aliphatic carbocycles. The van der Waals surface area contributed by atoms with E-state index in [0.717, 1.165) is 0 Å². The van der Waals surface area contributed by atoms with E-state index in [0.29, 0.717) is 0 Å². The maximum absolute atomic E-state index is 13.1. The molecule has 0 radical (unpaired) electrons. The first kappa shape index (κ1) is 28.3. The lowest BCUT2D eigenvalue weighted by atomic mass is 9.65. The van der Waals surface area contributed by atoms with E-state index < -0.39 is 84.9 Å². The van der Waals surface area contributed by atoms with Gasteiger partial charge in [-0.25, -0.2) is 4.79 Å². The van der Waals surface area contributed by atoms with Crippen molar-refractivity contribution in [3.63, 3.8) is 0 Å². The van der Waals surface area contributed by atoms with Crippen LogP contribution in [0.5, 0.6) is 0 Å². The second-order valence-electron chi connectivity index (χ2n) is 7.06. The van der Waals surface area contributed by atoms with Crippen LogP contribution < -0.4 is 0 Å². The zero-order chi connectivity index (χ0) is 25.7. The molecule has 0 aliphatic heterocycles. The summed E-state index contributed by atoms with van der Waals surface area (Å²) in [6.07, 6.45) is -35.1. The fourth-order valence-corrected chi connectivity index (χ4v) is 3.51. The van der Waals surface area contributed by atoms with E-state index in [9.17, 15) is 72.1 Å². The molecule has 2 atom stereocenters. The highest BCUT2D eigenvalue weighted by Gasteiger charge is 2.78. The maximum atomic E-state index is 13.1. The summed E-state index contributed by atoms with van der Waals surface area (Å²) in [4.78, 5) is 11.2. The van der Waals surface area contributed by atoms with Gasteiger partial charge in [0.15, 0.2) is 0 Å². The van der Waals surface area contributed by atoms with E-state index in [1.54, 1.807) is 0 Å². The summed E-state index contributed by atoms with van der Waals surface area (Å²) in [7, 11) is 0. The Labute approximate surface area is 169 Å². The lowest BCUT2D eigenvalue weighted by Gasteiger charge is -2.48. The quantitative estimate of drug-likeness (QED) is 0.336. The van der Waals surface area contributed by atoms with Gasteiger partial charge in [0, 0.05) is 11.8 Å². The van der Waals surface area contributed by atoms with Crippen molar-refractivity contribution in [1.82, 2.24) is 0 Å². The predicted octanol–water partition coefficient (Wildman–Crippen LogP) is 4.51. The molecule has 32 heavy (non-hydrogen) atoms. The minimum Gasteiger partial charge on any atom is -0.457 e. The van der Waals surface area contributed by atoms with Gasteiger partial charge >= 0.3 is 30.7 Å². The Hall–Kier alpha value is -1.78. The highest BCUT2D eigenvalue weighted by molar-refractivity contribution is 5.85. The summed E-state index contributed by atoms with van der Waals surface area (Å²) < 4.78 is 174. The number of esters is 1. The summed E-state index contributed by atoms with van der Waals surface area (Å²) in [5.41, 5.74) is -11.7. The minimum absolute atomic E-state index is 1.77. The van der Waals surface area contributed by atoms with Gasteiger partial charge in [-0.15, -0.1) is 0 Å². The Morgan fingerprint density at radius 3 is 1.19 bits per heavy atom. The molecule has 2 N–H and O–H groups in total. The summed E-state index contributed by atoms with van der Waals surface area (Å²) in [6.45, 7) is 2.35. The van der Waals surface area contributed by atoms with Gasteiger partial charge < -0.3 is 14.9 Å². The van der Waals surface area contributed by atoms with Crippen LogP contribution in [0.25, 0.3) is 0 Å². The number of halogens is 13. The molecule has 1 fully saturated rings. The van der Waals surface area contributed by atoms with Crippen molar-refractivity contribution in [3.05, 3.63) is 12.4 Å². The van der Waals surface area contributed by atoms with Gasteiger partial charge in [-0.1, -0.05) is 6.58 Å². The molecule has 4 nitrogen and oxygen atoms in total. The molecule has 0 bridgehead atoms. The fraction of sp³-hybridized carbons (Fsp3) is 0.800. The fourth-order valence-electron chi connectivity index (χ4n) is 3.51. The average molecular weight is 504 g/mol. The van der Waals surface area contributed by atoms with E-state index >= 15 is 0 Å². The highest BCUT2D eigenvalue weighted by atomic mass is 19.4. The molecule has 2 unspecified atom stereocenters. The lowest BCUT2D eigenvalue weighted by molar-refractivity contribution is -0.405. The first-order valence-corrected chi connectivity index (χ1v) is 8.18. The third kappa shape index (κ3) is 4.77. The van der Waals surface area contributed by atoms with Gasteiger partial charge in [0.25, 0.3) is 11.2 Å². The second kappa shape index (κ2) is 8.22. The maximum Gasteiger partial charge on any atom is 0.426 e. The van der Waals surface area contributed by atoms with E-state index in [-0.39, 0.29) is 0 Å². The number of carbonyl (C=O) groups is 1. The van der Waals surface area contributed by atoms with Crippen molar-refractivity contribution in [2.24, 2.45) is 11.8 Å². The van der Waals surface area contributed by atoms with Gasteiger partial charge in [-0.3, -0.25) is 0 Å². The minimum atomic E-state index is -6.66. The SMILES string of the molecule is C=C(F)C(=O)OC1CC(C(O)(C(F)(F)F)C(F)(F)F)CC(C(O)(C(F)(F)F)C(F)(F)F)C1. The molecule has 17 heteroatoms. The van der Waals surface area contributed by atoms with Crippen LogP contribution in [0.1, 0.15) is 19.3 Å². The average Bonchev–Trinajstić information content (AvgIpc) is 2.55. The largest absolute Gasteiger partial charge is 0.457 e. The third-order valence-electron chi connectivity index (χ3n) is 5.07. The summed E-state index contributed by atoms with van der Waals surface area (Å²) >= 11 is 0. The molecule has 0 amide bonds. The number of alkyl halides is 12. The van der Waals surface area contributed by atoms with Gasteiger partial charge in [0.05, 0.1) is 0 Å². The standard InChI is InChI=1S/C15H13F13O4/c1-5(16)9(29)32-8-3-6(10(30,12(17,18)19)13(20,21)22)2-7(4-8)11(31,14(23,24)25)15(26,27)28/h6-8,30-31H,1-4H2. The number of carbonyl (C=O) groups excluding carboxylic acids is 1. The number of rotatable bonds is 4. The molecule has 0 spiro atoms. The molecule has 0 aromatic rings. The molecule has 0 saturated heterocycles. The first-order valence-electron chi connectivity index (χ1n) is 8.18. The molecule has 0 aromatic carbocycles. The number of ether oxygens (including phenoxy) is 1. The molecule has 188 valence electrons. The van der Waals surface area contributed by atoms with Crippen molar-refractivity contribution in [2.75, 3.05) is 0 Å². The van der Waals surface area contributed by atoms with Gasteiger partial charge in [0.1, 0.15) is 6.10 Å². The molecule has 0 aromatic heterocycles. The van der Waals surface area contributed by atoms with Crippen LogP contribution >= 0.6 is 0 Å². The van der Waals surface area contributed by atoms with E-state index in [2.05, 4.69) is 11.3 Å². The van der Waals surface area contributed by atoms with Gasteiger partial charge in [-0.2, -0.15) is 57.1 Å². The van der Waals surface area contributed by atoms with E-state index in [1.807, 2.05) is 0 Å². The van der Waals surface area contributed by atoms with Crippen LogP contribution in [0.15, 0.2) is 12.4 Å². The number of hydrogen-bond acceptors (Lipinski definition) is 4. The van der Waals surface area contributed by atoms with Crippen LogP contribution in [-0.2, 0) is 9.53 Å². The molecule has 1 saturated carbocycles. The van der Waals surface area contributed by atoms with Crippen molar-refractivity contribution in [2.45, 2.75) is 61.3 Å². The topological polar surface area (TPSA) is 66.8 Å². The zero-order valence-electron chi connectivity index (χ0n) is 15.2. The lowest BCUT2D eigenvalue weighted by Crippen LogP contribution is -2.67. The van der Waals surface area contributed by atoms with E-state index in [1.165, 1.54) is 0 Å². The summed E-state index contributed by atoms with van der Waals surface area (Å²) in [5, 5.41) is 18.9. The summed E-state index contributed by atoms with van der Waals surface area (Å²) in [5.74, 6) is -11.2. The van der Waals surface area contributed by atoms with Crippen molar-refractivity contribution in [3.8, 4) is 0 Å². The van der Waals surface area contributed by atoms with Crippen LogP contribution in [0.2, 0.25) is 0 Å². The molecular formula is C15H13F13O4. The molecule has 1 rings (SSSR count). The van der Waals surface area contributed by atoms with Crippen molar-refractivity contribution in [1.29, 1.82) is 0 Å². The van der Waals surface area contributed by atoms with Gasteiger partial charge in [-0.05, 0) is 19.3 Å². The van der Waals surface area contributed by atoms with Crippen LogP contribution in [0.4, 0.5) is 57.1 Å². The summed E-state index contributed by atoms with van der Waals surface area (Å²) in [6, 6.07) is 0. The van der Waals surface area contributed by atoms with Crippen LogP contribution in [0, 0.1) is 11.8 Å². The van der Waals surface area contributed by atoms with Crippen molar-refractivity contribution < 1.29 is 76.8 Å². The smallest absolute Gasteiger partial charge is 0.426 e. The van der Waals surface area contributed by atoms with Crippen LogP contribution in [-0.4, -0.2) is 58.2 Å². The Balaban J connectivity index is 3.67. The second-order valence-corrected chi connectivity index (χ2v) is 7.06. The number of hydrogen-bond donors (Lipinski definition) is 2. The zero-order valence-corrected chi connectivity index (χ0v) is 15.2. The Kier molecular flexibility index (Phi) is 7.25. The van der Waals surface area contributed by atoms with Gasteiger partial charge in [0.2, 0.25) is 5.83 Å². The normalized spacial score (nSPS) is 24.3. The monoisotopic (exact) mass is 504 g/mol. The Morgan fingerprint density at radius 2 is 0.969 bits per heavy atom. The molecule has 1 aliphatic rings. The Bertz CT molecular complexity index is 645. The molecular weight excluding hydrogens is 491 g/mol. The van der Waals surface area contributed by atoms with Crippen molar-refractivity contribution >= 4 is 5.97 Å². The van der Waals surface area contributed by atoms with E-state index in [4.69, 9.17) is 0 Å². The first-order chi connectivity index (χ1) is 13.9. The Morgan fingerprint density at radius 1 is 0.688 bits per heavy atom. The number of aliphatic hydroxyl groups is 2.